The number of nitrogens with one attached hydrogen (secondary N) is 2. The van der Waals surface area contributed by atoms with Gasteiger partial charge in [-0.3, -0.25) is 0 Å². The highest BCUT2D eigenvalue weighted by molar-refractivity contribution is 6.07. The van der Waals surface area contributed by atoms with Gasteiger partial charge < -0.3 is 10.6 Å². The average molecular weight is 265 g/mol. The fourth-order valence-electron chi connectivity index (χ4n) is 2.51. The van der Waals surface area contributed by atoms with Crippen LogP contribution < -0.4 is 10.6 Å². The Morgan fingerprint density at radius 2 is 1.45 bits per heavy atom. The van der Waals surface area contributed by atoms with E-state index in [1.54, 1.807) is 0 Å². The molecule has 0 fully saturated rings. The minimum Gasteiger partial charge on any atom is -0.384 e. The van der Waals surface area contributed by atoms with Crippen molar-refractivity contribution >= 4 is 27.5 Å². The Hall–Kier alpha value is -2.13. The number of hydrogen-bond donors (Lipinski definition) is 2. The minimum atomic E-state index is 0.957. The van der Waals surface area contributed by atoms with Crippen molar-refractivity contribution < 1.29 is 0 Å². The number of pyridine rings is 1. The van der Waals surface area contributed by atoms with Gasteiger partial charge in [-0.05, 0) is 32.1 Å². The first kappa shape index (κ1) is 12.9. The maximum absolute atomic E-state index is 4.73. The lowest BCUT2D eigenvalue weighted by Crippen LogP contribution is -2.13. The lowest BCUT2D eigenvalue weighted by Gasteiger charge is -2.13. The molecule has 3 rings (SSSR count). The summed E-state index contributed by atoms with van der Waals surface area (Å²) in [6.07, 6.45) is 1.10. The van der Waals surface area contributed by atoms with E-state index in [0.717, 1.165) is 30.5 Å². The molecule has 0 atom stereocenters. The lowest BCUT2D eigenvalue weighted by atomic mass is 10.1. The van der Waals surface area contributed by atoms with Crippen molar-refractivity contribution in [3.63, 3.8) is 0 Å². The number of aromatic nitrogens is 1. The molecule has 3 nitrogen and oxygen atoms in total. The molecule has 0 radical (unpaired) electrons. The first-order chi connectivity index (χ1) is 9.90. The number of hydrogen-bond acceptors (Lipinski definition) is 3. The molecule has 0 saturated heterocycles. The van der Waals surface area contributed by atoms with Gasteiger partial charge in [-0.1, -0.05) is 36.4 Å². The van der Waals surface area contributed by atoms with Crippen molar-refractivity contribution in [2.45, 2.75) is 6.42 Å². The van der Waals surface area contributed by atoms with E-state index in [1.807, 2.05) is 19.2 Å². The van der Waals surface area contributed by atoms with Crippen molar-refractivity contribution in [3.8, 4) is 0 Å². The van der Waals surface area contributed by atoms with Crippen LogP contribution in [0.5, 0.6) is 0 Å². The number of anilines is 1. The summed E-state index contributed by atoms with van der Waals surface area (Å²) in [4.78, 5) is 4.73. The molecular weight excluding hydrogens is 246 g/mol. The van der Waals surface area contributed by atoms with Crippen LogP contribution in [0.1, 0.15) is 6.42 Å². The molecule has 3 aromatic rings. The van der Waals surface area contributed by atoms with Crippen LogP contribution in [0.25, 0.3) is 21.8 Å². The van der Waals surface area contributed by atoms with Crippen molar-refractivity contribution in [1.29, 1.82) is 0 Å². The second kappa shape index (κ2) is 5.88. The first-order valence-corrected chi connectivity index (χ1v) is 7.06. The van der Waals surface area contributed by atoms with E-state index in [-0.39, 0.29) is 0 Å². The smallest absolute Gasteiger partial charge is 0.0730 e. The number of para-hydroxylation sites is 2. The zero-order valence-electron chi connectivity index (χ0n) is 11.7. The molecule has 102 valence electrons. The molecule has 0 spiro atoms. The van der Waals surface area contributed by atoms with Crippen molar-refractivity contribution in [3.05, 3.63) is 48.5 Å². The highest BCUT2D eigenvalue weighted by Gasteiger charge is 2.07. The molecule has 0 unspecified atom stereocenters. The Labute approximate surface area is 119 Å². The van der Waals surface area contributed by atoms with E-state index in [2.05, 4.69) is 47.0 Å². The third-order valence-electron chi connectivity index (χ3n) is 3.49. The fourth-order valence-corrected chi connectivity index (χ4v) is 2.51. The van der Waals surface area contributed by atoms with Gasteiger partial charge in [0.1, 0.15) is 0 Å². The lowest BCUT2D eigenvalue weighted by molar-refractivity contribution is 0.748. The predicted molar refractivity (Wildman–Crippen MR) is 86.3 cm³/mol. The van der Waals surface area contributed by atoms with Crippen molar-refractivity contribution in [1.82, 2.24) is 10.3 Å². The summed E-state index contributed by atoms with van der Waals surface area (Å²) in [5, 5.41) is 9.14. The Morgan fingerprint density at radius 3 is 2.05 bits per heavy atom. The highest BCUT2D eigenvalue weighted by Crippen LogP contribution is 2.30. The Balaban J connectivity index is 2.08. The molecule has 1 heterocycles. The van der Waals surface area contributed by atoms with Crippen LogP contribution in [0.4, 0.5) is 5.69 Å². The summed E-state index contributed by atoms with van der Waals surface area (Å²) in [6, 6.07) is 16.6. The molecule has 0 aliphatic rings. The van der Waals surface area contributed by atoms with Crippen LogP contribution in [0.2, 0.25) is 0 Å². The summed E-state index contributed by atoms with van der Waals surface area (Å²) in [5.41, 5.74) is 3.28. The first-order valence-electron chi connectivity index (χ1n) is 7.06. The summed E-state index contributed by atoms with van der Waals surface area (Å²) in [7, 11) is 1.98. The third-order valence-corrected chi connectivity index (χ3v) is 3.49. The topological polar surface area (TPSA) is 37.0 Å². The maximum Gasteiger partial charge on any atom is 0.0730 e. The molecule has 2 N–H and O–H groups in total. The maximum atomic E-state index is 4.73. The largest absolute Gasteiger partial charge is 0.384 e. The zero-order chi connectivity index (χ0) is 13.8. The molecule has 0 aliphatic heterocycles. The summed E-state index contributed by atoms with van der Waals surface area (Å²) >= 11 is 0. The number of fused-ring (bicyclic) bond motifs is 2. The standard InChI is InChI=1S/C17H19N3/c1-18-11-6-12-19-17-13-7-2-4-9-15(13)20-16-10-5-3-8-14(16)17/h2-5,7-10,18H,6,11-12H2,1H3,(H,19,20). The van der Waals surface area contributed by atoms with Crippen molar-refractivity contribution in [2.75, 3.05) is 25.5 Å². The van der Waals surface area contributed by atoms with Crippen LogP contribution in [0.3, 0.4) is 0 Å². The molecule has 20 heavy (non-hydrogen) atoms. The second-order valence-corrected chi connectivity index (χ2v) is 4.90. The molecule has 0 aliphatic carbocycles. The van der Waals surface area contributed by atoms with Crippen LogP contribution >= 0.6 is 0 Å². The van der Waals surface area contributed by atoms with Gasteiger partial charge in [0.25, 0.3) is 0 Å². The average Bonchev–Trinajstić information content (AvgIpc) is 2.50. The molecular formula is C17H19N3. The molecule has 1 aromatic heterocycles. The monoisotopic (exact) mass is 265 g/mol. The predicted octanol–water partition coefficient (Wildman–Crippen LogP) is 3.41. The van der Waals surface area contributed by atoms with Crippen LogP contribution in [-0.2, 0) is 0 Å². The molecule has 0 saturated carbocycles. The van der Waals surface area contributed by atoms with Crippen LogP contribution in [0.15, 0.2) is 48.5 Å². The Kier molecular flexibility index (Phi) is 3.79. The number of benzene rings is 2. The van der Waals surface area contributed by atoms with E-state index in [9.17, 15) is 0 Å². The van der Waals surface area contributed by atoms with E-state index >= 15 is 0 Å². The van der Waals surface area contributed by atoms with Crippen molar-refractivity contribution in [2.24, 2.45) is 0 Å². The number of rotatable bonds is 5. The van der Waals surface area contributed by atoms with Gasteiger partial charge in [0.2, 0.25) is 0 Å². The van der Waals surface area contributed by atoms with E-state index in [1.165, 1.54) is 16.5 Å². The highest BCUT2D eigenvalue weighted by atomic mass is 14.9. The van der Waals surface area contributed by atoms with Gasteiger partial charge >= 0.3 is 0 Å². The van der Waals surface area contributed by atoms with Crippen LogP contribution in [0, 0.1) is 0 Å². The van der Waals surface area contributed by atoms with Gasteiger partial charge in [-0.15, -0.1) is 0 Å². The molecule has 0 bridgehead atoms. The Morgan fingerprint density at radius 1 is 0.850 bits per heavy atom. The van der Waals surface area contributed by atoms with E-state index < -0.39 is 0 Å². The van der Waals surface area contributed by atoms with Gasteiger partial charge in [-0.2, -0.15) is 0 Å². The quantitative estimate of drug-likeness (QED) is 0.548. The normalized spacial score (nSPS) is 11.1. The van der Waals surface area contributed by atoms with Gasteiger partial charge in [0.15, 0.2) is 0 Å². The van der Waals surface area contributed by atoms with E-state index in [4.69, 9.17) is 4.98 Å². The van der Waals surface area contributed by atoms with E-state index in [0.29, 0.717) is 0 Å². The van der Waals surface area contributed by atoms with Gasteiger partial charge in [0.05, 0.1) is 16.7 Å². The second-order valence-electron chi connectivity index (χ2n) is 4.90. The van der Waals surface area contributed by atoms with Crippen LogP contribution in [-0.4, -0.2) is 25.1 Å². The van der Waals surface area contributed by atoms with Gasteiger partial charge in [0, 0.05) is 17.3 Å². The molecule has 2 aromatic carbocycles. The van der Waals surface area contributed by atoms with Gasteiger partial charge in [-0.25, -0.2) is 4.98 Å². The summed E-state index contributed by atoms with van der Waals surface area (Å²) < 4.78 is 0. The minimum absolute atomic E-state index is 0.957. The molecule has 3 heteroatoms. The molecule has 0 amide bonds. The fraction of sp³-hybridized carbons (Fsp3) is 0.235. The SMILES string of the molecule is CNCCCNc1c2ccccc2nc2ccccc12. The Bertz CT molecular complexity index is 668. The summed E-state index contributed by atoms with van der Waals surface area (Å²) in [5.74, 6) is 0. The number of nitrogens with zero attached hydrogens (tertiary/aromatic N) is 1. The summed E-state index contributed by atoms with van der Waals surface area (Å²) in [6.45, 7) is 1.98. The zero-order valence-corrected chi connectivity index (χ0v) is 11.7. The third kappa shape index (κ3) is 2.45.